The normalized spacial score (nSPS) is 11.4. The number of benzene rings is 2. The van der Waals surface area contributed by atoms with Crippen molar-refractivity contribution in [2.45, 2.75) is 26.6 Å². The highest BCUT2D eigenvalue weighted by molar-refractivity contribution is 5.96. The van der Waals surface area contributed by atoms with Crippen molar-refractivity contribution in [1.82, 2.24) is 9.47 Å². The topological polar surface area (TPSA) is 66.4 Å². The molecule has 0 aliphatic carbocycles. The Labute approximate surface area is 184 Å². The molecule has 0 spiro atoms. The zero-order valence-electron chi connectivity index (χ0n) is 17.9. The van der Waals surface area contributed by atoms with Crippen LogP contribution in [0.5, 0.6) is 0 Å². The van der Waals surface area contributed by atoms with Crippen molar-refractivity contribution in [3.63, 3.8) is 0 Å². The smallest absolute Gasteiger partial charge is 0.376 e. The summed E-state index contributed by atoms with van der Waals surface area (Å²) in [4.78, 5) is 26.4. The lowest BCUT2D eigenvalue weighted by Crippen LogP contribution is -2.33. The van der Waals surface area contributed by atoms with E-state index in [4.69, 9.17) is 0 Å². The van der Waals surface area contributed by atoms with E-state index in [0.717, 1.165) is 23.0 Å². The molecule has 0 saturated heterocycles. The molecule has 0 radical (unpaired) electrons. The van der Waals surface area contributed by atoms with Gasteiger partial charge in [-0.3, -0.25) is 9.59 Å². The molecule has 32 heavy (non-hydrogen) atoms. The van der Waals surface area contributed by atoms with Crippen LogP contribution in [0.1, 0.15) is 19.4 Å². The number of fused-ring (bicyclic) bond motifs is 1. The van der Waals surface area contributed by atoms with E-state index in [0.29, 0.717) is 18.8 Å². The third kappa shape index (κ3) is 5.60. The predicted molar refractivity (Wildman–Crippen MR) is 118 cm³/mol. The van der Waals surface area contributed by atoms with Gasteiger partial charge in [-0.15, -0.1) is 0 Å². The molecule has 0 unspecified atom stereocenters. The van der Waals surface area contributed by atoms with Crippen LogP contribution in [-0.4, -0.2) is 40.9 Å². The third-order valence-corrected chi connectivity index (χ3v) is 5.12. The molecule has 3 rings (SSSR count). The molecule has 0 bridgehead atoms. The number of hydrogen-bond acceptors (Lipinski definition) is 3. The molecular weight excluding hydrogens is 421 g/mol. The van der Waals surface area contributed by atoms with Gasteiger partial charge >= 0.3 is 6.18 Å². The predicted octanol–water partition coefficient (Wildman–Crippen LogP) is 4.58. The second-order valence-corrected chi connectivity index (χ2v) is 7.26. The Balaban J connectivity index is 1.62. The van der Waals surface area contributed by atoms with Crippen molar-refractivity contribution in [2.24, 2.45) is 0 Å². The van der Waals surface area contributed by atoms with Gasteiger partial charge in [0.1, 0.15) is 6.54 Å². The summed E-state index contributed by atoms with van der Waals surface area (Å²) in [5.74, 6) is -0.358. The van der Waals surface area contributed by atoms with Crippen LogP contribution in [0.25, 0.3) is 10.9 Å². The summed E-state index contributed by atoms with van der Waals surface area (Å²) in [6.07, 6.45) is -2.62. The Morgan fingerprint density at radius 2 is 1.75 bits per heavy atom. The largest absolute Gasteiger partial charge is 0.416 e. The van der Waals surface area contributed by atoms with Crippen LogP contribution in [0.2, 0.25) is 0 Å². The highest BCUT2D eigenvalue weighted by Gasteiger charge is 2.30. The molecule has 0 saturated carbocycles. The summed E-state index contributed by atoms with van der Waals surface area (Å²) in [7, 11) is 0. The van der Waals surface area contributed by atoms with E-state index in [9.17, 15) is 22.8 Å². The van der Waals surface area contributed by atoms with E-state index < -0.39 is 17.6 Å². The average molecular weight is 446 g/mol. The Kier molecular flexibility index (Phi) is 7.07. The van der Waals surface area contributed by atoms with Gasteiger partial charge in [0.2, 0.25) is 11.8 Å². The molecule has 1 heterocycles. The number of aromatic nitrogens is 1. The van der Waals surface area contributed by atoms with Crippen LogP contribution in [0.3, 0.4) is 0 Å². The molecule has 3 aromatic rings. The Morgan fingerprint density at radius 3 is 2.44 bits per heavy atom. The number of nitrogens with zero attached hydrogens (tertiary/aromatic N) is 2. The SMILES string of the molecule is CCN(CC)C(=O)Cn1ccc2cc(NC(=O)CNc3cccc(C(F)(F)F)c3)ccc21. The fourth-order valence-corrected chi connectivity index (χ4v) is 3.43. The maximum atomic E-state index is 12.8. The van der Waals surface area contributed by atoms with Crippen molar-refractivity contribution < 1.29 is 22.8 Å². The number of carbonyl (C=O) groups excluding carboxylic acids is 2. The lowest BCUT2D eigenvalue weighted by Gasteiger charge is -2.19. The molecule has 1 aromatic heterocycles. The number of amides is 2. The minimum atomic E-state index is -4.44. The molecule has 0 fully saturated rings. The lowest BCUT2D eigenvalue weighted by molar-refractivity contribution is -0.137. The first-order valence-corrected chi connectivity index (χ1v) is 10.3. The average Bonchev–Trinajstić information content (AvgIpc) is 3.14. The lowest BCUT2D eigenvalue weighted by atomic mass is 10.2. The number of hydrogen-bond donors (Lipinski definition) is 2. The van der Waals surface area contributed by atoms with Gasteiger partial charge in [0.25, 0.3) is 0 Å². The van der Waals surface area contributed by atoms with Gasteiger partial charge in [-0.05, 0) is 56.3 Å². The Hall–Kier alpha value is -3.49. The number of alkyl halides is 3. The third-order valence-electron chi connectivity index (χ3n) is 5.12. The van der Waals surface area contributed by atoms with Crippen molar-refractivity contribution in [2.75, 3.05) is 30.3 Å². The van der Waals surface area contributed by atoms with Crippen LogP contribution in [-0.2, 0) is 22.3 Å². The van der Waals surface area contributed by atoms with E-state index >= 15 is 0 Å². The minimum absolute atomic E-state index is 0.0329. The molecule has 0 aliphatic heterocycles. The molecular formula is C23H25F3N4O2. The summed E-state index contributed by atoms with van der Waals surface area (Å²) in [6, 6.07) is 11.9. The summed E-state index contributed by atoms with van der Waals surface area (Å²) in [6.45, 7) is 5.23. The Morgan fingerprint density at radius 1 is 1.00 bits per heavy atom. The van der Waals surface area contributed by atoms with Gasteiger partial charge in [-0.2, -0.15) is 13.2 Å². The molecule has 170 valence electrons. The molecule has 9 heteroatoms. The molecule has 2 N–H and O–H groups in total. The van der Waals surface area contributed by atoms with Crippen LogP contribution in [0.4, 0.5) is 24.5 Å². The number of anilines is 2. The maximum Gasteiger partial charge on any atom is 0.416 e. The second-order valence-electron chi connectivity index (χ2n) is 7.26. The van der Waals surface area contributed by atoms with Crippen LogP contribution >= 0.6 is 0 Å². The van der Waals surface area contributed by atoms with E-state index in [-0.39, 0.29) is 24.7 Å². The van der Waals surface area contributed by atoms with Crippen LogP contribution in [0.15, 0.2) is 54.7 Å². The summed E-state index contributed by atoms with van der Waals surface area (Å²) >= 11 is 0. The number of likely N-dealkylation sites (N-methyl/N-ethyl adjacent to an activating group) is 1. The van der Waals surface area contributed by atoms with Crippen molar-refractivity contribution in [1.29, 1.82) is 0 Å². The Bertz CT molecular complexity index is 1100. The van der Waals surface area contributed by atoms with Crippen LogP contribution in [0, 0.1) is 0 Å². The highest BCUT2D eigenvalue weighted by atomic mass is 19.4. The van der Waals surface area contributed by atoms with Gasteiger partial charge in [0, 0.05) is 41.6 Å². The van der Waals surface area contributed by atoms with Gasteiger partial charge in [-0.1, -0.05) is 6.07 Å². The standard InChI is InChI=1S/C23H25F3N4O2/c1-3-29(4-2)22(32)15-30-11-10-16-12-19(8-9-20(16)30)28-21(31)14-27-18-7-5-6-17(13-18)23(24,25)26/h5-13,27H,3-4,14-15H2,1-2H3,(H,28,31). The van der Waals surface area contributed by atoms with Crippen molar-refractivity contribution in [3.05, 3.63) is 60.3 Å². The molecule has 0 aliphatic rings. The van der Waals surface area contributed by atoms with E-state index in [1.165, 1.54) is 12.1 Å². The fourth-order valence-electron chi connectivity index (χ4n) is 3.43. The van der Waals surface area contributed by atoms with Gasteiger partial charge in [0.15, 0.2) is 0 Å². The van der Waals surface area contributed by atoms with E-state index in [1.54, 1.807) is 17.0 Å². The second kappa shape index (κ2) is 9.76. The first-order chi connectivity index (χ1) is 15.2. The molecule has 6 nitrogen and oxygen atoms in total. The van der Waals surface area contributed by atoms with Gasteiger partial charge < -0.3 is 20.1 Å². The number of nitrogens with one attached hydrogen (secondary N) is 2. The van der Waals surface area contributed by atoms with E-state index in [2.05, 4.69) is 10.6 Å². The summed E-state index contributed by atoms with van der Waals surface area (Å²) < 4.78 is 40.3. The molecule has 2 amide bonds. The summed E-state index contributed by atoms with van der Waals surface area (Å²) in [5.41, 5.74) is 0.851. The van der Waals surface area contributed by atoms with Crippen molar-refractivity contribution in [3.8, 4) is 0 Å². The molecule has 0 atom stereocenters. The minimum Gasteiger partial charge on any atom is -0.376 e. The number of halogens is 3. The van der Waals surface area contributed by atoms with Crippen LogP contribution < -0.4 is 10.6 Å². The van der Waals surface area contributed by atoms with Gasteiger partial charge in [-0.25, -0.2) is 0 Å². The monoisotopic (exact) mass is 446 g/mol. The quantitative estimate of drug-likeness (QED) is 0.532. The highest BCUT2D eigenvalue weighted by Crippen LogP contribution is 2.30. The zero-order valence-corrected chi connectivity index (χ0v) is 17.9. The first kappa shape index (κ1) is 23.2. The first-order valence-electron chi connectivity index (χ1n) is 10.3. The van der Waals surface area contributed by atoms with Crippen molar-refractivity contribution >= 4 is 34.1 Å². The molecule has 2 aromatic carbocycles. The van der Waals surface area contributed by atoms with E-state index in [1.807, 2.05) is 36.7 Å². The number of rotatable bonds is 8. The number of carbonyl (C=O) groups is 2. The summed E-state index contributed by atoms with van der Waals surface area (Å²) in [5, 5.41) is 6.29. The van der Waals surface area contributed by atoms with Gasteiger partial charge in [0.05, 0.1) is 12.1 Å². The maximum absolute atomic E-state index is 12.8. The fraction of sp³-hybridized carbons (Fsp3) is 0.304. The zero-order chi connectivity index (χ0) is 23.3.